The zero-order valence-corrected chi connectivity index (χ0v) is 17.3. The van der Waals surface area contributed by atoms with Crippen LogP contribution in [0.3, 0.4) is 0 Å². The van der Waals surface area contributed by atoms with Gasteiger partial charge in [-0.1, -0.05) is 13.3 Å². The molecule has 5 nitrogen and oxygen atoms in total. The highest BCUT2D eigenvalue weighted by molar-refractivity contribution is 7.13. The van der Waals surface area contributed by atoms with Crippen molar-refractivity contribution >= 4 is 11.3 Å². The van der Waals surface area contributed by atoms with E-state index in [1.165, 1.54) is 16.9 Å². The summed E-state index contributed by atoms with van der Waals surface area (Å²) < 4.78 is 0. The number of aryl methyl sites for hydroxylation is 2. The van der Waals surface area contributed by atoms with Gasteiger partial charge >= 0.3 is 0 Å². The minimum atomic E-state index is -0.141. The van der Waals surface area contributed by atoms with Crippen LogP contribution in [0.15, 0.2) is 59.2 Å². The molecule has 0 aliphatic rings. The van der Waals surface area contributed by atoms with Crippen LogP contribution in [0.5, 0.6) is 0 Å². The largest absolute Gasteiger partial charge is 0.321 e. The molecular formula is C23H22N4OS. The maximum absolute atomic E-state index is 13.0. The van der Waals surface area contributed by atoms with E-state index < -0.39 is 0 Å². The number of hydrogen-bond donors (Lipinski definition) is 1. The molecule has 0 saturated heterocycles. The average Bonchev–Trinajstić information content (AvgIpc) is 3.19. The van der Waals surface area contributed by atoms with Gasteiger partial charge in [0.1, 0.15) is 5.01 Å². The lowest BCUT2D eigenvalue weighted by molar-refractivity contribution is 0.794. The Kier molecular flexibility index (Phi) is 5.62. The monoisotopic (exact) mass is 402 g/mol. The molecule has 0 fully saturated rings. The van der Waals surface area contributed by atoms with Crippen LogP contribution >= 0.6 is 11.3 Å². The van der Waals surface area contributed by atoms with E-state index >= 15 is 0 Å². The van der Waals surface area contributed by atoms with E-state index in [1.54, 1.807) is 12.4 Å². The fourth-order valence-corrected chi connectivity index (χ4v) is 4.18. The average molecular weight is 403 g/mol. The van der Waals surface area contributed by atoms with Crippen molar-refractivity contribution in [1.82, 2.24) is 19.9 Å². The van der Waals surface area contributed by atoms with E-state index in [2.05, 4.69) is 26.9 Å². The Labute approximate surface area is 173 Å². The van der Waals surface area contributed by atoms with Gasteiger partial charge in [-0.05, 0) is 55.2 Å². The van der Waals surface area contributed by atoms with Crippen LogP contribution in [0.4, 0.5) is 0 Å². The molecule has 4 heterocycles. The predicted octanol–water partition coefficient (Wildman–Crippen LogP) is 5.27. The highest BCUT2D eigenvalue weighted by Gasteiger charge is 2.17. The highest BCUT2D eigenvalue weighted by Crippen LogP contribution is 2.34. The number of nitrogens with one attached hydrogen (secondary N) is 1. The molecule has 6 heteroatoms. The Balaban J connectivity index is 1.95. The quantitative estimate of drug-likeness (QED) is 0.477. The standard InChI is InChI=1S/C23H22N4OS/c1-3-4-5-16-8-11-25-13-20(16)21-18(17-6-9-24-10-7-17)12-19(22(28)27-21)23-26-15(2)14-29-23/h6-14H,3-5H2,1-2H3,(H,27,28). The molecule has 146 valence electrons. The summed E-state index contributed by atoms with van der Waals surface area (Å²) in [5.41, 5.74) is 6.23. The first-order chi connectivity index (χ1) is 14.2. The third-order valence-electron chi connectivity index (χ3n) is 4.86. The molecule has 0 aliphatic carbocycles. The normalized spacial score (nSPS) is 11.0. The second kappa shape index (κ2) is 8.49. The number of H-pyrrole nitrogens is 1. The molecule has 4 aromatic rings. The van der Waals surface area contributed by atoms with Crippen LogP contribution in [-0.2, 0) is 6.42 Å². The molecule has 29 heavy (non-hydrogen) atoms. The van der Waals surface area contributed by atoms with Gasteiger partial charge < -0.3 is 4.98 Å². The Bertz CT molecular complexity index is 1180. The van der Waals surface area contributed by atoms with Crippen molar-refractivity contribution in [3.63, 3.8) is 0 Å². The van der Waals surface area contributed by atoms with Gasteiger partial charge in [0.25, 0.3) is 5.56 Å². The summed E-state index contributed by atoms with van der Waals surface area (Å²) in [4.78, 5) is 29.1. The van der Waals surface area contributed by atoms with E-state index in [0.29, 0.717) is 5.56 Å². The molecule has 0 radical (unpaired) electrons. The van der Waals surface area contributed by atoms with Crippen molar-refractivity contribution in [2.24, 2.45) is 0 Å². The molecule has 0 aliphatic heterocycles. The lowest BCUT2D eigenvalue weighted by Crippen LogP contribution is -2.12. The summed E-state index contributed by atoms with van der Waals surface area (Å²) in [6, 6.07) is 7.89. The molecule has 0 unspecified atom stereocenters. The van der Waals surface area contributed by atoms with E-state index in [-0.39, 0.29) is 5.56 Å². The molecular weight excluding hydrogens is 380 g/mol. The molecule has 0 bridgehead atoms. The summed E-state index contributed by atoms with van der Waals surface area (Å²) >= 11 is 1.48. The van der Waals surface area contributed by atoms with E-state index in [9.17, 15) is 4.79 Å². The SMILES string of the molecule is CCCCc1ccncc1-c1[nH]c(=O)c(-c2nc(C)cs2)cc1-c1ccncc1. The minimum absolute atomic E-state index is 0.141. The van der Waals surface area contributed by atoms with Crippen LogP contribution in [0.2, 0.25) is 0 Å². The van der Waals surface area contributed by atoms with E-state index in [1.807, 2.05) is 49.0 Å². The molecule has 4 aromatic heterocycles. The second-order valence-corrected chi connectivity index (χ2v) is 7.83. The lowest BCUT2D eigenvalue weighted by Gasteiger charge is -2.14. The summed E-state index contributed by atoms with van der Waals surface area (Å²) in [6.45, 7) is 4.11. The van der Waals surface area contributed by atoms with Crippen molar-refractivity contribution in [3.05, 3.63) is 76.0 Å². The van der Waals surface area contributed by atoms with Crippen LogP contribution in [0.1, 0.15) is 31.0 Å². The van der Waals surface area contributed by atoms with Gasteiger partial charge in [0.15, 0.2) is 0 Å². The third-order valence-corrected chi connectivity index (χ3v) is 5.86. The number of pyridine rings is 3. The van der Waals surface area contributed by atoms with Gasteiger partial charge in [-0.15, -0.1) is 11.3 Å². The van der Waals surface area contributed by atoms with Crippen LogP contribution < -0.4 is 5.56 Å². The summed E-state index contributed by atoms with van der Waals surface area (Å²) in [6.07, 6.45) is 10.3. The zero-order chi connectivity index (χ0) is 20.2. The Morgan fingerprint density at radius 3 is 2.55 bits per heavy atom. The van der Waals surface area contributed by atoms with Gasteiger partial charge in [0.2, 0.25) is 0 Å². The first-order valence-electron chi connectivity index (χ1n) is 9.71. The zero-order valence-electron chi connectivity index (χ0n) is 16.5. The topological polar surface area (TPSA) is 71.5 Å². The maximum atomic E-state index is 13.0. The van der Waals surface area contributed by atoms with Crippen LogP contribution in [-0.4, -0.2) is 19.9 Å². The predicted molar refractivity (Wildman–Crippen MR) is 118 cm³/mol. The molecule has 0 amide bonds. The molecule has 4 rings (SSSR count). The summed E-state index contributed by atoms with van der Waals surface area (Å²) in [5.74, 6) is 0. The first kappa shape index (κ1) is 19.2. The maximum Gasteiger partial charge on any atom is 0.258 e. The van der Waals surface area contributed by atoms with Crippen molar-refractivity contribution in [2.45, 2.75) is 33.1 Å². The van der Waals surface area contributed by atoms with Crippen molar-refractivity contribution in [1.29, 1.82) is 0 Å². The van der Waals surface area contributed by atoms with Gasteiger partial charge in [-0.2, -0.15) is 0 Å². The minimum Gasteiger partial charge on any atom is -0.321 e. The molecule has 0 spiro atoms. The van der Waals surface area contributed by atoms with Gasteiger partial charge in [-0.3, -0.25) is 14.8 Å². The third kappa shape index (κ3) is 4.03. The number of aromatic nitrogens is 4. The number of nitrogens with zero attached hydrogens (tertiary/aromatic N) is 3. The van der Waals surface area contributed by atoms with Crippen LogP contribution in [0, 0.1) is 6.92 Å². The lowest BCUT2D eigenvalue weighted by atomic mass is 9.95. The van der Waals surface area contributed by atoms with E-state index in [4.69, 9.17) is 0 Å². The first-order valence-corrected chi connectivity index (χ1v) is 10.6. The van der Waals surface area contributed by atoms with Gasteiger partial charge in [0, 0.05) is 47.0 Å². The molecule has 0 saturated carbocycles. The number of aromatic amines is 1. The number of hydrogen-bond acceptors (Lipinski definition) is 5. The van der Waals surface area contributed by atoms with Gasteiger partial charge in [0.05, 0.1) is 11.3 Å². The molecule has 0 atom stereocenters. The Hall–Kier alpha value is -3.12. The number of unbranched alkanes of at least 4 members (excludes halogenated alkanes) is 1. The fourth-order valence-electron chi connectivity index (χ4n) is 3.37. The smallest absolute Gasteiger partial charge is 0.258 e. The van der Waals surface area contributed by atoms with Gasteiger partial charge in [-0.25, -0.2) is 4.98 Å². The summed E-state index contributed by atoms with van der Waals surface area (Å²) in [5, 5.41) is 2.68. The van der Waals surface area contributed by atoms with Crippen molar-refractivity contribution in [2.75, 3.05) is 0 Å². The molecule has 0 aromatic carbocycles. The van der Waals surface area contributed by atoms with Crippen LogP contribution in [0.25, 0.3) is 33.0 Å². The highest BCUT2D eigenvalue weighted by atomic mass is 32.1. The second-order valence-electron chi connectivity index (χ2n) is 6.97. The number of rotatable bonds is 6. The van der Waals surface area contributed by atoms with Crippen molar-refractivity contribution < 1.29 is 0 Å². The summed E-state index contributed by atoms with van der Waals surface area (Å²) in [7, 11) is 0. The number of thiazole rings is 1. The fraction of sp³-hybridized carbons (Fsp3) is 0.217. The van der Waals surface area contributed by atoms with E-state index in [0.717, 1.165) is 52.3 Å². The molecule has 1 N–H and O–H groups in total. The Morgan fingerprint density at radius 2 is 1.83 bits per heavy atom. The Morgan fingerprint density at radius 1 is 1.03 bits per heavy atom. The van der Waals surface area contributed by atoms with Crippen molar-refractivity contribution in [3.8, 4) is 33.0 Å².